The first-order valence-corrected chi connectivity index (χ1v) is 6.28. The van der Waals surface area contributed by atoms with E-state index in [1.807, 2.05) is 0 Å². The Labute approximate surface area is 103 Å². The van der Waals surface area contributed by atoms with Crippen molar-refractivity contribution in [3.63, 3.8) is 0 Å². The smallest absolute Gasteiger partial charge is 0.280 e. The minimum Gasteiger partial charge on any atom is -0.352 e. The fraction of sp³-hybridized carbons (Fsp3) is 0.667. The normalized spacial score (nSPS) is 19.3. The summed E-state index contributed by atoms with van der Waals surface area (Å²) >= 11 is 0. The van der Waals surface area contributed by atoms with Crippen molar-refractivity contribution in [1.29, 1.82) is 0 Å². The zero-order chi connectivity index (χ0) is 12.7. The van der Waals surface area contributed by atoms with Crippen molar-refractivity contribution in [2.24, 2.45) is 0 Å². The van der Waals surface area contributed by atoms with E-state index >= 15 is 0 Å². The summed E-state index contributed by atoms with van der Waals surface area (Å²) in [4.78, 5) is 11.6. The van der Waals surface area contributed by atoms with Crippen LogP contribution in [0.25, 0.3) is 0 Å². The number of aromatic nitrogens is 2. The highest BCUT2D eigenvalue weighted by Gasteiger charge is 2.30. The second-order valence-electron chi connectivity index (χ2n) is 5.07. The molecule has 2 fully saturated rings. The lowest BCUT2D eigenvalue weighted by Crippen LogP contribution is -2.30. The number of nitrogens with zero attached hydrogens (tertiary/aromatic N) is 2. The van der Waals surface area contributed by atoms with E-state index in [0.717, 1.165) is 30.4 Å². The van der Waals surface area contributed by atoms with Crippen LogP contribution in [0.15, 0.2) is 6.07 Å². The van der Waals surface area contributed by atoms with Gasteiger partial charge in [-0.3, -0.25) is 9.48 Å². The van der Waals surface area contributed by atoms with Crippen LogP contribution in [0.2, 0.25) is 0 Å². The minimum atomic E-state index is -2.58. The van der Waals surface area contributed by atoms with Gasteiger partial charge in [-0.1, -0.05) is 0 Å². The number of amides is 1. The molecule has 18 heavy (non-hydrogen) atoms. The van der Waals surface area contributed by atoms with Gasteiger partial charge in [0.15, 0.2) is 0 Å². The van der Waals surface area contributed by atoms with E-state index in [1.165, 1.54) is 6.07 Å². The maximum absolute atomic E-state index is 12.9. The average molecular weight is 255 g/mol. The van der Waals surface area contributed by atoms with Crippen molar-refractivity contribution in [1.82, 2.24) is 15.1 Å². The summed E-state index contributed by atoms with van der Waals surface area (Å²) in [7, 11) is 0. The molecule has 98 valence electrons. The summed E-state index contributed by atoms with van der Waals surface area (Å²) in [5.41, 5.74) is 0.548. The van der Waals surface area contributed by atoms with Crippen LogP contribution in [0.1, 0.15) is 49.4 Å². The Balaban J connectivity index is 1.73. The minimum absolute atomic E-state index is 0.108. The van der Waals surface area contributed by atoms with E-state index in [0.29, 0.717) is 11.6 Å². The number of hydrogen-bond acceptors (Lipinski definition) is 2. The van der Waals surface area contributed by atoms with Gasteiger partial charge in [-0.15, -0.1) is 0 Å². The average Bonchev–Trinajstić information content (AvgIpc) is 3.19. The maximum Gasteiger partial charge on any atom is 0.280 e. The Hall–Kier alpha value is -1.46. The van der Waals surface area contributed by atoms with Crippen LogP contribution in [0.5, 0.6) is 0 Å². The van der Waals surface area contributed by atoms with Crippen molar-refractivity contribution in [3.8, 4) is 0 Å². The fourth-order valence-corrected chi connectivity index (χ4v) is 1.97. The highest BCUT2D eigenvalue weighted by molar-refractivity contribution is 5.76. The van der Waals surface area contributed by atoms with Crippen LogP contribution in [-0.2, 0) is 11.3 Å². The lowest BCUT2D eigenvalue weighted by Gasteiger charge is -2.06. The van der Waals surface area contributed by atoms with Crippen LogP contribution >= 0.6 is 0 Å². The van der Waals surface area contributed by atoms with E-state index in [2.05, 4.69) is 10.4 Å². The number of halogens is 2. The maximum atomic E-state index is 12.9. The van der Waals surface area contributed by atoms with E-state index in [1.54, 1.807) is 0 Å². The summed E-state index contributed by atoms with van der Waals surface area (Å²) in [5, 5.41) is 6.91. The second kappa shape index (κ2) is 4.33. The molecule has 1 aromatic heterocycles. The predicted molar refractivity (Wildman–Crippen MR) is 60.3 cm³/mol. The van der Waals surface area contributed by atoms with Crippen LogP contribution in [-0.4, -0.2) is 21.7 Å². The second-order valence-corrected chi connectivity index (χ2v) is 5.07. The molecular formula is C12H15F2N3O. The number of nitrogens with one attached hydrogen (secondary N) is 1. The lowest BCUT2D eigenvalue weighted by molar-refractivity contribution is -0.122. The van der Waals surface area contributed by atoms with Crippen molar-refractivity contribution in [2.75, 3.05) is 0 Å². The molecule has 0 saturated heterocycles. The molecular weight excluding hydrogens is 240 g/mol. The van der Waals surface area contributed by atoms with E-state index in [4.69, 9.17) is 0 Å². The Kier molecular flexibility index (Phi) is 2.80. The van der Waals surface area contributed by atoms with Gasteiger partial charge in [-0.2, -0.15) is 5.10 Å². The predicted octanol–water partition coefficient (Wildman–Crippen LogP) is 1.98. The van der Waals surface area contributed by atoms with Crippen LogP contribution in [0.4, 0.5) is 8.78 Å². The molecule has 1 heterocycles. The molecule has 2 aliphatic carbocycles. The van der Waals surface area contributed by atoms with Gasteiger partial charge in [0, 0.05) is 12.0 Å². The molecule has 0 aliphatic heterocycles. The largest absolute Gasteiger partial charge is 0.352 e. The highest BCUT2D eigenvalue weighted by Crippen LogP contribution is 2.40. The monoisotopic (exact) mass is 255 g/mol. The molecule has 0 unspecified atom stereocenters. The molecule has 1 aromatic rings. The Morgan fingerprint density at radius 3 is 2.72 bits per heavy atom. The van der Waals surface area contributed by atoms with E-state index < -0.39 is 6.43 Å². The first-order valence-electron chi connectivity index (χ1n) is 6.28. The van der Waals surface area contributed by atoms with Gasteiger partial charge in [0.1, 0.15) is 12.2 Å². The zero-order valence-corrected chi connectivity index (χ0v) is 9.90. The van der Waals surface area contributed by atoms with E-state index in [9.17, 15) is 13.6 Å². The first-order chi connectivity index (χ1) is 8.63. The number of carbonyl (C=O) groups is 1. The van der Waals surface area contributed by atoms with Gasteiger partial charge in [-0.25, -0.2) is 8.78 Å². The number of carbonyl (C=O) groups excluding carboxylic acids is 1. The molecule has 0 spiro atoms. The molecule has 1 amide bonds. The van der Waals surface area contributed by atoms with Gasteiger partial charge >= 0.3 is 0 Å². The quantitative estimate of drug-likeness (QED) is 0.874. The summed E-state index contributed by atoms with van der Waals surface area (Å²) in [6, 6.07) is 1.68. The summed E-state index contributed by atoms with van der Waals surface area (Å²) in [5.74, 6) is 0.0834. The van der Waals surface area contributed by atoms with Gasteiger partial charge in [0.25, 0.3) is 6.43 Å². The summed E-state index contributed by atoms with van der Waals surface area (Å²) in [6.07, 6.45) is 1.40. The standard InChI is InChI=1S/C12H15F2N3O/c13-12(14)10-5-9(7-1-2-7)16-17(10)6-11(18)15-8-3-4-8/h5,7-8,12H,1-4,6H2,(H,15,18). The van der Waals surface area contributed by atoms with Gasteiger partial charge in [-0.05, 0) is 31.7 Å². The third kappa shape index (κ3) is 2.52. The molecule has 0 radical (unpaired) electrons. The molecule has 1 N–H and O–H groups in total. The SMILES string of the molecule is O=C(Cn1nc(C2CC2)cc1C(F)F)NC1CC1. The van der Waals surface area contributed by atoms with Gasteiger partial charge in [0.05, 0.1) is 5.69 Å². The van der Waals surface area contributed by atoms with Crippen molar-refractivity contribution in [3.05, 3.63) is 17.5 Å². The van der Waals surface area contributed by atoms with E-state index in [-0.39, 0.29) is 24.2 Å². The Bertz CT molecular complexity index is 464. The third-order valence-electron chi connectivity index (χ3n) is 3.29. The third-order valence-corrected chi connectivity index (χ3v) is 3.29. The molecule has 2 aliphatic rings. The molecule has 3 rings (SSSR count). The first kappa shape index (κ1) is 11.6. The summed E-state index contributed by atoms with van der Waals surface area (Å²) < 4.78 is 26.9. The molecule has 4 nitrogen and oxygen atoms in total. The fourth-order valence-electron chi connectivity index (χ4n) is 1.97. The molecule has 2 saturated carbocycles. The Morgan fingerprint density at radius 1 is 1.44 bits per heavy atom. The highest BCUT2D eigenvalue weighted by atomic mass is 19.3. The van der Waals surface area contributed by atoms with Crippen LogP contribution in [0, 0.1) is 0 Å². The molecule has 0 bridgehead atoms. The number of alkyl halides is 2. The molecule has 0 aromatic carbocycles. The lowest BCUT2D eigenvalue weighted by atomic mass is 10.3. The topological polar surface area (TPSA) is 46.9 Å². The van der Waals surface area contributed by atoms with Crippen LogP contribution in [0.3, 0.4) is 0 Å². The van der Waals surface area contributed by atoms with Gasteiger partial charge < -0.3 is 5.32 Å². The van der Waals surface area contributed by atoms with Crippen molar-refractivity contribution in [2.45, 2.75) is 50.6 Å². The number of hydrogen-bond donors (Lipinski definition) is 1. The number of rotatable bonds is 5. The zero-order valence-electron chi connectivity index (χ0n) is 9.90. The van der Waals surface area contributed by atoms with Gasteiger partial charge in [0.2, 0.25) is 5.91 Å². The van der Waals surface area contributed by atoms with Crippen molar-refractivity contribution >= 4 is 5.91 Å². The Morgan fingerprint density at radius 2 is 2.17 bits per heavy atom. The summed E-state index contributed by atoms with van der Waals surface area (Å²) in [6.45, 7) is -0.108. The molecule has 0 atom stereocenters. The molecule has 6 heteroatoms. The van der Waals surface area contributed by atoms with Crippen molar-refractivity contribution < 1.29 is 13.6 Å². The van der Waals surface area contributed by atoms with Crippen LogP contribution < -0.4 is 5.32 Å².